The molecule has 0 fully saturated rings. The number of pyridine rings is 1. The van der Waals surface area contributed by atoms with E-state index in [0.29, 0.717) is 29.5 Å². The van der Waals surface area contributed by atoms with Gasteiger partial charge in [-0.3, -0.25) is 9.59 Å². The van der Waals surface area contributed by atoms with Crippen LogP contribution in [0.4, 0.5) is 0 Å². The predicted molar refractivity (Wildman–Crippen MR) is 119 cm³/mol. The quantitative estimate of drug-likeness (QED) is 0.507. The lowest BCUT2D eigenvalue weighted by Gasteiger charge is -2.09. The van der Waals surface area contributed by atoms with Gasteiger partial charge in [-0.05, 0) is 67.1 Å². The number of hydrogen-bond acceptors (Lipinski definition) is 6. The van der Waals surface area contributed by atoms with Gasteiger partial charge in [0.15, 0.2) is 0 Å². The van der Waals surface area contributed by atoms with Crippen molar-refractivity contribution in [2.75, 3.05) is 20.3 Å². The zero-order chi connectivity index (χ0) is 22.8. The minimum atomic E-state index is -0.335. The highest BCUT2D eigenvalue weighted by atomic mass is 16.5. The van der Waals surface area contributed by atoms with Gasteiger partial charge in [0.1, 0.15) is 17.2 Å². The summed E-state index contributed by atoms with van der Waals surface area (Å²) in [6.07, 6.45) is 1.61. The van der Waals surface area contributed by atoms with Crippen LogP contribution in [0.2, 0.25) is 0 Å². The van der Waals surface area contributed by atoms with Gasteiger partial charge in [0.25, 0.3) is 5.91 Å². The molecule has 166 valence electrons. The van der Waals surface area contributed by atoms with E-state index >= 15 is 0 Å². The smallest absolute Gasteiger partial charge is 0.251 e. The van der Waals surface area contributed by atoms with Gasteiger partial charge in [-0.1, -0.05) is 0 Å². The van der Waals surface area contributed by atoms with Gasteiger partial charge in [0.05, 0.1) is 20.3 Å². The van der Waals surface area contributed by atoms with Gasteiger partial charge in [0.2, 0.25) is 11.8 Å². The van der Waals surface area contributed by atoms with Crippen LogP contribution in [0.25, 0.3) is 0 Å². The third kappa shape index (κ3) is 6.73. The second kappa shape index (κ2) is 11.4. The number of nitrogens with one attached hydrogen (secondary N) is 2. The van der Waals surface area contributed by atoms with E-state index in [1.807, 2.05) is 19.1 Å². The lowest BCUT2D eigenvalue weighted by molar-refractivity contribution is -0.120. The summed E-state index contributed by atoms with van der Waals surface area (Å²) >= 11 is 0. The molecule has 1 aromatic heterocycles. The topological polar surface area (TPSA) is 98.8 Å². The first-order valence-electron chi connectivity index (χ1n) is 10.1. The summed E-state index contributed by atoms with van der Waals surface area (Å²) in [6, 6.07) is 17.4. The Hall–Kier alpha value is -4.07. The Morgan fingerprint density at radius 2 is 1.59 bits per heavy atom. The zero-order valence-electron chi connectivity index (χ0n) is 18.0. The fourth-order valence-corrected chi connectivity index (χ4v) is 2.78. The van der Waals surface area contributed by atoms with Gasteiger partial charge in [0, 0.05) is 24.4 Å². The molecule has 0 atom stereocenters. The molecule has 2 N–H and O–H groups in total. The van der Waals surface area contributed by atoms with E-state index in [2.05, 4.69) is 15.6 Å². The van der Waals surface area contributed by atoms with Crippen LogP contribution in [0.15, 0.2) is 66.9 Å². The summed E-state index contributed by atoms with van der Waals surface area (Å²) in [4.78, 5) is 28.4. The standard InChI is InChI=1S/C24H25N3O5/c1-3-31-20-8-10-21(11-9-20)32-23-14-17(12-13-25-23)15-26-22(28)16-27-24(29)18-4-6-19(30-2)7-5-18/h4-14H,3,15-16H2,1-2H3,(H,26,28)(H,27,29). The Labute approximate surface area is 186 Å². The van der Waals surface area contributed by atoms with E-state index in [1.165, 1.54) is 0 Å². The molecule has 0 aliphatic rings. The third-order valence-corrected chi connectivity index (χ3v) is 4.41. The first-order valence-corrected chi connectivity index (χ1v) is 10.1. The van der Waals surface area contributed by atoms with Gasteiger partial charge in [-0.2, -0.15) is 0 Å². The maximum Gasteiger partial charge on any atom is 0.251 e. The molecule has 0 saturated carbocycles. The third-order valence-electron chi connectivity index (χ3n) is 4.41. The lowest BCUT2D eigenvalue weighted by atomic mass is 10.2. The van der Waals surface area contributed by atoms with E-state index in [1.54, 1.807) is 61.8 Å². The van der Waals surface area contributed by atoms with Crippen LogP contribution < -0.4 is 24.8 Å². The fraction of sp³-hybridized carbons (Fsp3) is 0.208. The van der Waals surface area contributed by atoms with Crippen molar-refractivity contribution >= 4 is 11.8 Å². The summed E-state index contributed by atoms with van der Waals surface area (Å²) in [5.74, 6) is 1.82. The number of amides is 2. The van der Waals surface area contributed by atoms with Crippen molar-refractivity contribution in [3.63, 3.8) is 0 Å². The fourth-order valence-electron chi connectivity index (χ4n) is 2.78. The van der Waals surface area contributed by atoms with Crippen molar-refractivity contribution < 1.29 is 23.8 Å². The largest absolute Gasteiger partial charge is 0.497 e. The molecule has 0 spiro atoms. The molecule has 0 bridgehead atoms. The zero-order valence-corrected chi connectivity index (χ0v) is 18.0. The van der Waals surface area contributed by atoms with Crippen LogP contribution in [0.3, 0.4) is 0 Å². The Morgan fingerprint density at radius 3 is 2.28 bits per heavy atom. The number of hydrogen-bond donors (Lipinski definition) is 2. The summed E-state index contributed by atoms with van der Waals surface area (Å²) in [5, 5.41) is 5.35. The molecule has 3 aromatic rings. The summed E-state index contributed by atoms with van der Waals surface area (Å²) in [6.45, 7) is 2.67. The molecule has 32 heavy (non-hydrogen) atoms. The average Bonchev–Trinajstić information content (AvgIpc) is 2.83. The average molecular weight is 435 g/mol. The molecule has 0 aliphatic heterocycles. The molecular weight excluding hydrogens is 410 g/mol. The predicted octanol–water partition coefficient (Wildman–Crippen LogP) is 3.33. The van der Waals surface area contributed by atoms with Gasteiger partial charge in [-0.25, -0.2) is 4.98 Å². The van der Waals surface area contributed by atoms with Crippen molar-refractivity contribution in [3.8, 4) is 23.1 Å². The molecule has 0 saturated heterocycles. The molecule has 2 amide bonds. The van der Waals surface area contributed by atoms with E-state index in [-0.39, 0.29) is 24.9 Å². The molecule has 0 radical (unpaired) electrons. The number of carbonyl (C=O) groups excluding carboxylic acids is 2. The van der Waals surface area contributed by atoms with E-state index < -0.39 is 0 Å². The van der Waals surface area contributed by atoms with Crippen LogP contribution in [0.1, 0.15) is 22.8 Å². The Balaban J connectivity index is 1.46. The number of methoxy groups -OCH3 is 1. The Bertz CT molecular complexity index is 1040. The molecule has 0 unspecified atom stereocenters. The first kappa shape index (κ1) is 22.6. The molecule has 0 aliphatic carbocycles. The normalized spacial score (nSPS) is 10.2. The summed E-state index contributed by atoms with van der Waals surface area (Å²) in [5.41, 5.74) is 1.26. The molecule has 8 heteroatoms. The van der Waals surface area contributed by atoms with Crippen LogP contribution in [0, 0.1) is 0 Å². The molecular formula is C24H25N3O5. The highest BCUT2D eigenvalue weighted by Gasteiger charge is 2.09. The van der Waals surface area contributed by atoms with Crippen molar-refractivity contribution in [1.29, 1.82) is 0 Å². The Morgan fingerprint density at radius 1 is 0.906 bits per heavy atom. The minimum absolute atomic E-state index is 0.133. The number of rotatable bonds is 10. The first-order chi connectivity index (χ1) is 15.6. The monoisotopic (exact) mass is 435 g/mol. The van der Waals surface area contributed by atoms with Gasteiger partial charge in [-0.15, -0.1) is 0 Å². The molecule has 3 rings (SSSR count). The SMILES string of the molecule is CCOc1ccc(Oc2cc(CNC(=O)CNC(=O)c3ccc(OC)cc3)ccn2)cc1. The van der Waals surface area contributed by atoms with Crippen molar-refractivity contribution in [1.82, 2.24) is 15.6 Å². The number of benzene rings is 2. The second-order valence-corrected chi connectivity index (χ2v) is 6.70. The van der Waals surface area contributed by atoms with Crippen molar-refractivity contribution in [2.24, 2.45) is 0 Å². The van der Waals surface area contributed by atoms with Crippen LogP contribution in [-0.2, 0) is 11.3 Å². The number of aromatic nitrogens is 1. The molecule has 1 heterocycles. The maximum absolute atomic E-state index is 12.1. The minimum Gasteiger partial charge on any atom is -0.497 e. The van der Waals surface area contributed by atoms with E-state index in [9.17, 15) is 9.59 Å². The number of carbonyl (C=O) groups is 2. The van der Waals surface area contributed by atoms with Crippen LogP contribution in [-0.4, -0.2) is 37.1 Å². The van der Waals surface area contributed by atoms with E-state index in [4.69, 9.17) is 14.2 Å². The van der Waals surface area contributed by atoms with E-state index in [0.717, 1.165) is 11.3 Å². The van der Waals surface area contributed by atoms with Crippen LogP contribution in [0.5, 0.6) is 23.1 Å². The van der Waals surface area contributed by atoms with Gasteiger partial charge < -0.3 is 24.8 Å². The number of nitrogens with zero attached hydrogens (tertiary/aromatic N) is 1. The summed E-state index contributed by atoms with van der Waals surface area (Å²) in [7, 11) is 1.55. The number of ether oxygens (including phenoxy) is 3. The highest BCUT2D eigenvalue weighted by molar-refractivity contribution is 5.96. The van der Waals surface area contributed by atoms with Crippen molar-refractivity contribution in [2.45, 2.75) is 13.5 Å². The lowest BCUT2D eigenvalue weighted by Crippen LogP contribution is -2.36. The van der Waals surface area contributed by atoms with Crippen LogP contribution >= 0.6 is 0 Å². The second-order valence-electron chi connectivity index (χ2n) is 6.70. The Kier molecular flexibility index (Phi) is 8.02. The molecule has 8 nitrogen and oxygen atoms in total. The highest BCUT2D eigenvalue weighted by Crippen LogP contribution is 2.23. The molecule has 2 aromatic carbocycles. The maximum atomic E-state index is 12.1. The van der Waals surface area contributed by atoms with Crippen molar-refractivity contribution in [3.05, 3.63) is 78.0 Å². The summed E-state index contributed by atoms with van der Waals surface area (Å²) < 4.78 is 16.2. The van der Waals surface area contributed by atoms with Gasteiger partial charge >= 0.3 is 0 Å².